The van der Waals surface area contributed by atoms with Crippen LogP contribution in [0.1, 0.15) is 44.2 Å². The molecule has 0 radical (unpaired) electrons. The maximum absolute atomic E-state index is 5.68. The first-order valence-electron chi connectivity index (χ1n) is 7.90. The predicted molar refractivity (Wildman–Crippen MR) is 90.3 cm³/mol. The fourth-order valence-electron chi connectivity index (χ4n) is 2.72. The van der Waals surface area contributed by atoms with Gasteiger partial charge in [-0.05, 0) is 39.2 Å². The van der Waals surface area contributed by atoms with Gasteiger partial charge in [-0.15, -0.1) is 11.3 Å². The molecule has 1 aliphatic rings. The number of hydrogen-bond donors (Lipinski definition) is 1. The number of aromatic nitrogens is 1. The van der Waals surface area contributed by atoms with Crippen LogP contribution in [0.5, 0.6) is 0 Å². The Hall–Kier alpha value is -0.650. The van der Waals surface area contributed by atoms with Crippen molar-refractivity contribution in [2.24, 2.45) is 5.92 Å². The van der Waals surface area contributed by atoms with Gasteiger partial charge in [0.15, 0.2) is 5.13 Å². The fourth-order valence-corrected chi connectivity index (χ4v) is 3.78. The second-order valence-corrected chi connectivity index (χ2v) is 7.77. The molecule has 0 bridgehead atoms. The van der Waals surface area contributed by atoms with Crippen molar-refractivity contribution < 1.29 is 4.74 Å². The maximum atomic E-state index is 5.68. The Morgan fingerprint density at radius 3 is 2.90 bits per heavy atom. The van der Waals surface area contributed by atoms with Gasteiger partial charge < -0.3 is 15.0 Å². The molecule has 21 heavy (non-hydrogen) atoms. The molecule has 120 valence electrons. The van der Waals surface area contributed by atoms with Crippen LogP contribution in [0.25, 0.3) is 0 Å². The van der Waals surface area contributed by atoms with Gasteiger partial charge in [0, 0.05) is 31.6 Å². The molecule has 2 rings (SSSR count). The Labute approximate surface area is 132 Å². The number of methoxy groups -OCH3 is 1. The van der Waals surface area contributed by atoms with E-state index in [1.165, 1.54) is 11.3 Å². The first-order valence-corrected chi connectivity index (χ1v) is 8.72. The first-order chi connectivity index (χ1) is 9.93. The van der Waals surface area contributed by atoms with Crippen LogP contribution in [0.3, 0.4) is 0 Å². The number of thiazole rings is 1. The molecule has 1 unspecified atom stereocenters. The van der Waals surface area contributed by atoms with E-state index in [0.29, 0.717) is 5.92 Å². The number of hydrogen-bond acceptors (Lipinski definition) is 5. The molecular weight excluding hydrogens is 282 g/mol. The van der Waals surface area contributed by atoms with Crippen molar-refractivity contribution in [3.05, 3.63) is 10.6 Å². The van der Waals surface area contributed by atoms with E-state index >= 15 is 0 Å². The number of aryl methyl sites for hydroxylation is 1. The molecule has 0 spiro atoms. The van der Waals surface area contributed by atoms with Crippen molar-refractivity contribution in [2.45, 2.75) is 52.7 Å². The van der Waals surface area contributed by atoms with Crippen molar-refractivity contribution in [1.29, 1.82) is 0 Å². The number of nitrogens with one attached hydrogen (secondary N) is 1. The van der Waals surface area contributed by atoms with E-state index in [-0.39, 0.29) is 5.60 Å². The van der Waals surface area contributed by atoms with E-state index in [1.54, 1.807) is 0 Å². The highest BCUT2D eigenvalue weighted by atomic mass is 32.1. The Morgan fingerprint density at radius 2 is 2.24 bits per heavy atom. The summed E-state index contributed by atoms with van der Waals surface area (Å²) in [5.74, 6) is 0.683. The lowest BCUT2D eigenvalue weighted by molar-refractivity contribution is -0.00466. The summed E-state index contributed by atoms with van der Waals surface area (Å²) < 4.78 is 5.68. The normalized spacial score (nSPS) is 23.0. The van der Waals surface area contributed by atoms with Crippen molar-refractivity contribution >= 4 is 16.5 Å². The molecule has 1 aliphatic heterocycles. The summed E-state index contributed by atoms with van der Waals surface area (Å²) in [5, 5.41) is 4.66. The average Bonchev–Trinajstić information content (AvgIpc) is 2.80. The third-order valence-electron chi connectivity index (χ3n) is 4.14. The molecule has 1 saturated heterocycles. The minimum absolute atomic E-state index is 0.0338. The third kappa shape index (κ3) is 4.41. The highest BCUT2D eigenvalue weighted by molar-refractivity contribution is 7.15. The first kappa shape index (κ1) is 16.7. The topological polar surface area (TPSA) is 37.4 Å². The lowest BCUT2D eigenvalue weighted by atomic mass is 9.95. The van der Waals surface area contributed by atoms with Gasteiger partial charge in [-0.2, -0.15) is 0 Å². The van der Waals surface area contributed by atoms with Crippen molar-refractivity contribution in [3.8, 4) is 0 Å². The molecule has 5 heteroatoms. The third-order valence-corrected chi connectivity index (χ3v) is 5.36. The Kier molecular flexibility index (Phi) is 5.63. The molecule has 1 aromatic heterocycles. The molecule has 0 saturated carbocycles. The van der Waals surface area contributed by atoms with Crippen LogP contribution in [0.2, 0.25) is 0 Å². The second kappa shape index (κ2) is 7.07. The SMILES string of the molecule is COC1(C)CCCN(c2nc(C)c(CNCC(C)C)s2)C1. The molecule has 0 aromatic carbocycles. The average molecular weight is 311 g/mol. The zero-order valence-corrected chi connectivity index (χ0v) is 14.8. The molecule has 4 nitrogen and oxygen atoms in total. The van der Waals surface area contributed by atoms with E-state index < -0.39 is 0 Å². The molecule has 1 aromatic rings. The van der Waals surface area contributed by atoms with Crippen LogP contribution < -0.4 is 10.2 Å². The molecule has 0 aliphatic carbocycles. The summed E-state index contributed by atoms with van der Waals surface area (Å²) in [6, 6.07) is 0. The highest BCUT2D eigenvalue weighted by Gasteiger charge is 2.32. The monoisotopic (exact) mass is 311 g/mol. The summed E-state index contributed by atoms with van der Waals surface area (Å²) in [5.41, 5.74) is 1.13. The van der Waals surface area contributed by atoms with Gasteiger partial charge >= 0.3 is 0 Å². The molecule has 2 heterocycles. The number of anilines is 1. The van der Waals surface area contributed by atoms with Crippen LogP contribution in [0, 0.1) is 12.8 Å². The number of ether oxygens (including phenoxy) is 1. The van der Waals surface area contributed by atoms with Crippen LogP contribution >= 0.6 is 11.3 Å². The van der Waals surface area contributed by atoms with Crippen molar-refractivity contribution in [3.63, 3.8) is 0 Å². The molecule has 1 fully saturated rings. The van der Waals surface area contributed by atoms with Gasteiger partial charge in [0.1, 0.15) is 0 Å². The standard InChI is InChI=1S/C16H29N3OS/c1-12(2)9-17-10-14-13(3)18-15(21-14)19-8-6-7-16(4,11-19)20-5/h12,17H,6-11H2,1-5H3. The van der Waals surface area contributed by atoms with E-state index in [4.69, 9.17) is 9.72 Å². The van der Waals surface area contributed by atoms with Crippen LogP contribution in [0.15, 0.2) is 0 Å². The van der Waals surface area contributed by atoms with Crippen LogP contribution in [-0.4, -0.2) is 37.3 Å². The van der Waals surface area contributed by atoms with E-state index in [9.17, 15) is 0 Å². The van der Waals surface area contributed by atoms with Crippen molar-refractivity contribution in [1.82, 2.24) is 10.3 Å². The Morgan fingerprint density at radius 1 is 1.48 bits per heavy atom. The molecule has 1 atom stereocenters. The summed E-state index contributed by atoms with van der Waals surface area (Å²) >= 11 is 1.83. The lowest BCUT2D eigenvalue weighted by Crippen LogP contribution is -2.47. The molecule has 1 N–H and O–H groups in total. The summed E-state index contributed by atoms with van der Waals surface area (Å²) in [6.45, 7) is 12.8. The zero-order valence-electron chi connectivity index (χ0n) is 14.0. The number of rotatable bonds is 6. The zero-order chi connectivity index (χ0) is 15.5. The van der Waals surface area contributed by atoms with Gasteiger partial charge in [-0.3, -0.25) is 0 Å². The Balaban J connectivity index is 2.00. The highest BCUT2D eigenvalue weighted by Crippen LogP contribution is 2.32. The van der Waals surface area contributed by atoms with Gasteiger partial charge in [-0.25, -0.2) is 4.98 Å². The lowest BCUT2D eigenvalue weighted by Gasteiger charge is -2.39. The number of nitrogens with zero attached hydrogens (tertiary/aromatic N) is 2. The van der Waals surface area contributed by atoms with Crippen LogP contribution in [0.4, 0.5) is 5.13 Å². The summed E-state index contributed by atoms with van der Waals surface area (Å²) in [6.07, 6.45) is 2.30. The smallest absolute Gasteiger partial charge is 0.185 e. The summed E-state index contributed by atoms with van der Waals surface area (Å²) in [4.78, 5) is 8.52. The van der Waals surface area contributed by atoms with Gasteiger partial charge in [-0.1, -0.05) is 13.8 Å². The largest absolute Gasteiger partial charge is 0.377 e. The quantitative estimate of drug-likeness (QED) is 0.875. The van der Waals surface area contributed by atoms with Gasteiger partial charge in [0.2, 0.25) is 0 Å². The fraction of sp³-hybridized carbons (Fsp3) is 0.812. The van der Waals surface area contributed by atoms with E-state index in [0.717, 1.165) is 43.4 Å². The Bertz CT molecular complexity index is 460. The van der Waals surface area contributed by atoms with Crippen LogP contribution in [-0.2, 0) is 11.3 Å². The minimum Gasteiger partial charge on any atom is -0.377 e. The maximum Gasteiger partial charge on any atom is 0.185 e. The predicted octanol–water partition coefficient (Wildman–Crippen LogP) is 3.20. The van der Waals surface area contributed by atoms with Gasteiger partial charge in [0.25, 0.3) is 0 Å². The number of piperidine rings is 1. The van der Waals surface area contributed by atoms with E-state index in [1.807, 2.05) is 18.4 Å². The van der Waals surface area contributed by atoms with Gasteiger partial charge in [0.05, 0.1) is 11.3 Å². The second-order valence-electron chi connectivity index (χ2n) is 6.71. The molecule has 0 amide bonds. The minimum atomic E-state index is -0.0338. The van der Waals surface area contributed by atoms with E-state index in [2.05, 4.69) is 37.9 Å². The van der Waals surface area contributed by atoms with Crippen molar-refractivity contribution in [2.75, 3.05) is 31.6 Å². The summed E-state index contributed by atoms with van der Waals surface area (Å²) in [7, 11) is 1.82. The molecular formula is C16H29N3OS.